The van der Waals surface area contributed by atoms with Gasteiger partial charge in [-0.15, -0.1) is 0 Å². The lowest BCUT2D eigenvalue weighted by Gasteiger charge is -2.21. The Morgan fingerprint density at radius 2 is 1.64 bits per heavy atom. The fourth-order valence-electron chi connectivity index (χ4n) is 2.72. The monoisotopic (exact) mass is 382 g/mol. The molecule has 0 aliphatic heterocycles. The number of nitrogens with one attached hydrogen (secondary N) is 1. The predicted molar refractivity (Wildman–Crippen MR) is 108 cm³/mol. The number of esters is 1. The number of hydrogen-bond donors (Lipinski definition) is 1. The molecule has 0 saturated carbocycles. The van der Waals surface area contributed by atoms with Crippen LogP contribution in [0.5, 0.6) is 0 Å². The molecule has 0 aliphatic carbocycles. The molecule has 2 rings (SSSR count). The van der Waals surface area contributed by atoms with E-state index in [1.807, 2.05) is 31.2 Å². The number of carbonyl (C=O) groups excluding carboxylic acids is 3. The number of anilines is 1. The highest BCUT2D eigenvalue weighted by Gasteiger charge is 2.13. The third kappa shape index (κ3) is 6.23. The van der Waals surface area contributed by atoms with E-state index in [2.05, 4.69) is 5.32 Å². The van der Waals surface area contributed by atoms with Crippen LogP contribution in [0.15, 0.2) is 48.5 Å². The zero-order chi connectivity index (χ0) is 20.5. The van der Waals surface area contributed by atoms with Crippen LogP contribution in [-0.4, -0.2) is 37.5 Å². The van der Waals surface area contributed by atoms with Crippen LogP contribution < -0.4 is 10.2 Å². The molecule has 0 heterocycles. The zero-order valence-electron chi connectivity index (χ0n) is 16.5. The molecule has 6 heteroatoms. The number of aryl methyl sites for hydroxylation is 1. The Morgan fingerprint density at radius 3 is 2.21 bits per heavy atom. The predicted octanol–water partition coefficient (Wildman–Crippen LogP) is 2.88. The van der Waals surface area contributed by atoms with Gasteiger partial charge in [0.1, 0.15) is 0 Å². The first-order valence-electron chi connectivity index (χ1n) is 9.28. The van der Waals surface area contributed by atoms with E-state index in [-0.39, 0.29) is 11.8 Å². The summed E-state index contributed by atoms with van der Waals surface area (Å²) in [5, 5.41) is 2.84. The number of ether oxygens (including phenoxy) is 1. The Hall–Kier alpha value is -3.15. The minimum absolute atomic E-state index is 0.0926. The van der Waals surface area contributed by atoms with Crippen LogP contribution in [0.4, 0.5) is 5.69 Å². The Labute approximate surface area is 165 Å². The summed E-state index contributed by atoms with van der Waals surface area (Å²) in [5.41, 5.74) is 3.19. The summed E-state index contributed by atoms with van der Waals surface area (Å²) in [6.45, 7) is 6.20. The Bertz CT molecular complexity index is 813. The van der Waals surface area contributed by atoms with E-state index in [0.717, 1.165) is 11.1 Å². The maximum absolute atomic E-state index is 12.1. The van der Waals surface area contributed by atoms with Crippen molar-refractivity contribution in [2.75, 3.05) is 24.6 Å². The number of nitrogens with zero attached hydrogens (tertiary/aromatic N) is 1. The normalized spacial score (nSPS) is 10.2. The minimum Gasteiger partial charge on any atom is -0.462 e. The fourth-order valence-corrected chi connectivity index (χ4v) is 2.72. The molecule has 1 N–H and O–H groups in total. The van der Waals surface area contributed by atoms with Crippen molar-refractivity contribution in [2.45, 2.75) is 27.2 Å². The molecule has 0 fully saturated rings. The van der Waals surface area contributed by atoms with E-state index >= 15 is 0 Å². The third-order valence-electron chi connectivity index (χ3n) is 4.21. The first kappa shape index (κ1) is 21.2. The highest BCUT2D eigenvalue weighted by atomic mass is 16.5. The molecule has 0 bridgehead atoms. The summed E-state index contributed by atoms with van der Waals surface area (Å²) < 4.78 is 4.96. The van der Waals surface area contributed by atoms with Crippen LogP contribution in [0.1, 0.15) is 35.3 Å². The largest absolute Gasteiger partial charge is 0.462 e. The lowest BCUT2D eigenvalue weighted by atomic mass is 10.1. The molecule has 0 atom stereocenters. The van der Waals surface area contributed by atoms with E-state index in [9.17, 15) is 14.4 Å². The molecule has 0 aromatic heterocycles. The van der Waals surface area contributed by atoms with Gasteiger partial charge in [0.15, 0.2) is 0 Å². The molecule has 0 saturated heterocycles. The lowest BCUT2D eigenvalue weighted by molar-refractivity contribution is -0.121. The molecule has 0 spiro atoms. The smallest absolute Gasteiger partial charge is 0.338 e. The fraction of sp³-hybridized carbons (Fsp3) is 0.318. The van der Waals surface area contributed by atoms with E-state index < -0.39 is 5.97 Å². The van der Waals surface area contributed by atoms with E-state index in [1.54, 1.807) is 36.1 Å². The van der Waals surface area contributed by atoms with Gasteiger partial charge in [-0.1, -0.05) is 29.8 Å². The van der Waals surface area contributed by atoms with Crippen LogP contribution >= 0.6 is 0 Å². The molecule has 148 valence electrons. The number of hydrogen-bond acceptors (Lipinski definition) is 4. The molecule has 2 aromatic rings. The van der Waals surface area contributed by atoms with Gasteiger partial charge in [0.25, 0.3) is 0 Å². The second-order valence-electron chi connectivity index (χ2n) is 6.45. The molecular weight excluding hydrogens is 356 g/mol. The summed E-state index contributed by atoms with van der Waals surface area (Å²) >= 11 is 0. The van der Waals surface area contributed by atoms with Crippen LogP contribution in [0.3, 0.4) is 0 Å². The molecular formula is C22H26N2O4. The van der Waals surface area contributed by atoms with Gasteiger partial charge in [-0.3, -0.25) is 9.59 Å². The van der Waals surface area contributed by atoms with E-state index in [4.69, 9.17) is 4.74 Å². The van der Waals surface area contributed by atoms with Crippen LogP contribution in [0.25, 0.3) is 0 Å². The van der Waals surface area contributed by atoms with Crippen molar-refractivity contribution in [3.63, 3.8) is 0 Å². The Kier molecular flexibility index (Phi) is 7.75. The zero-order valence-corrected chi connectivity index (χ0v) is 16.5. The van der Waals surface area contributed by atoms with Crippen LogP contribution in [0, 0.1) is 6.92 Å². The van der Waals surface area contributed by atoms with Crippen LogP contribution in [-0.2, 0) is 20.7 Å². The van der Waals surface area contributed by atoms with Crippen molar-refractivity contribution < 1.29 is 19.1 Å². The van der Waals surface area contributed by atoms with E-state index in [0.29, 0.717) is 37.4 Å². The van der Waals surface area contributed by atoms with Crippen molar-refractivity contribution in [1.82, 2.24) is 5.32 Å². The maximum Gasteiger partial charge on any atom is 0.338 e. The van der Waals surface area contributed by atoms with Gasteiger partial charge in [0, 0.05) is 25.7 Å². The average molecular weight is 382 g/mol. The molecule has 0 unspecified atom stereocenters. The summed E-state index contributed by atoms with van der Waals surface area (Å²) in [6.07, 6.45) is 0.300. The van der Waals surface area contributed by atoms with Crippen molar-refractivity contribution in [1.29, 1.82) is 0 Å². The van der Waals surface area contributed by atoms with Gasteiger partial charge in [0.2, 0.25) is 11.8 Å². The molecule has 0 radical (unpaired) electrons. The summed E-state index contributed by atoms with van der Waals surface area (Å²) in [7, 11) is 0. The van der Waals surface area contributed by atoms with Gasteiger partial charge in [0.05, 0.1) is 18.6 Å². The SMILES string of the molecule is CCOC(=O)c1ccc(N(CCNC(=O)Cc2ccc(C)cc2)C(C)=O)cc1. The van der Waals surface area contributed by atoms with Gasteiger partial charge < -0.3 is 15.0 Å². The highest BCUT2D eigenvalue weighted by Crippen LogP contribution is 2.16. The standard InChI is InChI=1S/C22H26N2O4/c1-4-28-22(27)19-9-11-20(12-10-19)24(17(3)25)14-13-23-21(26)15-18-7-5-16(2)6-8-18/h5-12H,4,13-15H2,1-3H3,(H,23,26). The summed E-state index contributed by atoms with van der Waals surface area (Å²) in [4.78, 5) is 37.4. The quantitative estimate of drug-likeness (QED) is 0.713. The molecule has 6 nitrogen and oxygen atoms in total. The molecule has 0 aliphatic rings. The Morgan fingerprint density at radius 1 is 1.00 bits per heavy atom. The van der Waals surface area contributed by atoms with Gasteiger partial charge >= 0.3 is 5.97 Å². The second-order valence-corrected chi connectivity index (χ2v) is 6.45. The summed E-state index contributed by atoms with van der Waals surface area (Å²) in [6, 6.07) is 14.5. The van der Waals surface area contributed by atoms with Crippen molar-refractivity contribution in [3.05, 3.63) is 65.2 Å². The van der Waals surface area contributed by atoms with Gasteiger partial charge in [-0.25, -0.2) is 4.79 Å². The first-order valence-corrected chi connectivity index (χ1v) is 9.28. The third-order valence-corrected chi connectivity index (χ3v) is 4.21. The van der Waals surface area contributed by atoms with Crippen molar-refractivity contribution in [2.24, 2.45) is 0 Å². The lowest BCUT2D eigenvalue weighted by Crippen LogP contribution is -2.38. The Balaban J connectivity index is 1.90. The van der Waals surface area contributed by atoms with Gasteiger partial charge in [-0.05, 0) is 43.7 Å². The maximum atomic E-state index is 12.1. The molecule has 2 amide bonds. The first-order chi connectivity index (χ1) is 13.4. The molecule has 2 aromatic carbocycles. The minimum atomic E-state index is -0.396. The number of benzene rings is 2. The number of amides is 2. The second kappa shape index (κ2) is 10.3. The van der Waals surface area contributed by atoms with Crippen molar-refractivity contribution in [3.8, 4) is 0 Å². The van der Waals surface area contributed by atoms with Gasteiger partial charge in [-0.2, -0.15) is 0 Å². The average Bonchev–Trinajstić information content (AvgIpc) is 2.67. The number of rotatable bonds is 8. The number of carbonyl (C=O) groups is 3. The highest BCUT2D eigenvalue weighted by molar-refractivity contribution is 5.93. The van der Waals surface area contributed by atoms with Crippen LogP contribution in [0.2, 0.25) is 0 Å². The summed E-state index contributed by atoms with van der Waals surface area (Å²) in [5.74, 6) is -0.631. The topological polar surface area (TPSA) is 75.7 Å². The molecule has 28 heavy (non-hydrogen) atoms. The van der Waals surface area contributed by atoms with Crippen molar-refractivity contribution >= 4 is 23.5 Å². The van der Waals surface area contributed by atoms with E-state index in [1.165, 1.54) is 6.92 Å².